The number of aliphatic hydroxyl groups excluding tert-OH is 2. The van der Waals surface area contributed by atoms with Crippen molar-refractivity contribution in [2.24, 2.45) is 5.92 Å². The maximum absolute atomic E-state index is 8.81. The van der Waals surface area contributed by atoms with Crippen molar-refractivity contribution in [3.05, 3.63) is 6.20 Å². The fourth-order valence-corrected chi connectivity index (χ4v) is 0.973. The summed E-state index contributed by atoms with van der Waals surface area (Å²) >= 11 is 0. The van der Waals surface area contributed by atoms with Crippen molar-refractivity contribution in [3.8, 4) is 0 Å². The molecule has 1 heterocycles. The zero-order valence-corrected chi connectivity index (χ0v) is 7.22. The smallest absolute Gasteiger partial charge is 0.145 e. The van der Waals surface area contributed by atoms with Gasteiger partial charge in [-0.05, 0) is 0 Å². The van der Waals surface area contributed by atoms with E-state index < -0.39 is 0 Å². The number of hydrogen-bond acceptors (Lipinski definition) is 5. The van der Waals surface area contributed by atoms with Crippen molar-refractivity contribution in [1.29, 1.82) is 0 Å². The Morgan fingerprint density at radius 3 is 2.38 bits per heavy atom. The highest BCUT2D eigenvalue weighted by Crippen LogP contribution is 2.13. The summed E-state index contributed by atoms with van der Waals surface area (Å²) in [5.74, 6) is 0.119. The standard InChI is InChI=1S/C7H14N4O2/c8-6-1-10-11(7(6)9)2-5(3-12)4-13/h1,5,12-13H,2-4,8-9H2. The molecule has 1 aromatic rings. The first kappa shape index (κ1) is 9.82. The molecule has 0 aromatic carbocycles. The number of aromatic nitrogens is 2. The van der Waals surface area contributed by atoms with Gasteiger partial charge in [0.15, 0.2) is 0 Å². The van der Waals surface area contributed by atoms with Crippen LogP contribution in [-0.2, 0) is 6.54 Å². The molecule has 6 heteroatoms. The molecule has 0 aliphatic rings. The summed E-state index contributed by atoms with van der Waals surface area (Å²) in [4.78, 5) is 0. The van der Waals surface area contributed by atoms with Crippen molar-refractivity contribution < 1.29 is 10.2 Å². The van der Waals surface area contributed by atoms with Crippen LogP contribution in [0.3, 0.4) is 0 Å². The second-order valence-corrected chi connectivity index (χ2v) is 2.90. The minimum Gasteiger partial charge on any atom is -0.396 e. The molecule has 0 aliphatic heterocycles. The van der Waals surface area contributed by atoms with Gasteiger partial charge in [0.1, 0.15) is 5.82 Å². The fraction of sp³-hybridized carbons (Fsp3) is 0.571. The molecule has 0 bridgehead atoms. The zero-order valence-electron chi connectivity index (χ0n) is 7.22. The minimum absolute atomic E-state index is 0.101. The number of anilines is 2. The van der Waals surface area contributed by atoms with Gasteiger partial charge in [0.2, 0.25) is 0 Å². The van der Waals surface area contributed by atoms with E-state index in [0.29, 0.717) is 18.1 Å². The molecule has 0 unspecified atom stereocenters. The quantitative estimate of drug-likeness (QED) is 0.464. The highest BCUT2D eigenvalue weighted by Gasteiger charge is 2.10. The summed E-state index contributed by atoms with van der Waals surface area (Å²) in [5, 5.41) is 21.5. The van der Waals surface area contributed by atoms with Crippen molar-refractivity contribution in [2.45, 2.75) is 6.54 Å². The van der Waals surface area contributed by atoms with E-state index in [1.165, 1.54) is 10.9 Å². The van der Waals surface area contributed by atoms with Crippen LogP contribution < -0.4 is 11.5 Å². The molecule has 0 fully saturated rings. The van der Waals surface area contributed by atoms with Gasteiger partial charge in [-0.25, -0.2) is 4.68 Å². The largest absolute Gasteiger partial charge is 0.396 e. The first-order chi connectivity index (χ1) is 6.19. The van der Waals surface area contributed by atoms with Gasteiger partial charge >= 0.3 is 0 Å². The molecule has 1 aromatic heterocycles. The summed E-state index contributed by atoms with van der Waals surface area (Å²) in [6.45, 7) is 0.168. The predicted molar refractivity (Wildman–Crippen MR) is 48.7 cm³/mol. The van der Waals surface area contributed by atoms with E-state index in [2.05, 4.69) is 5.10 Å². The number of nitrogen functional groups attached to an aromatic ring is 2. The Labute approximate surface area is 75.8 Å². The Bertz CT molecular complexity index is 269. The van der Waals surface area contributed by atoms with Crippen molar-refractivity contribution in [3.63, 3.8) is 0 Å². The summed E-state index contributed by atoms with van der Waals surface area (Å²) in [7, 11) is 0. The van der Waals surface area contributed by atoms with Crippen LogP contribution in [0.5, 0.6) is 0 Å². The lowest BCUT2D eigenvalue weighted by Gasteiger charge is -2.11. The molecule has 6 nitrogen and oxygen atoms in total. The van der Waals surface area contributed by atoms with Crippen LogP contribution in [0.1, 0.15) is 0 Å². The Morgan fingerprint density at radius 2 is 2.00 bits per heavy atom. The van der Waals surface area contributed by atoms with E-state index in [9.17, 15) is 0 Å². The lowest BCUT2D eigenvalue weighted by Crippen LogP contribution is -2.20. The number of nitrogens with two attached hydrogens (primary N) is 2. The van der Waals surface area contributed by atoms with Gasteiger partial charge in [0.25, 0.3) is 0 Å². The van der Waals surface area contributed by atoms with Crippen molar-refractivity contribution in [2.75, 3.05) is 24.7 Å². The van der Waals surface area contributed by atoms with E-state index in [-0.39, 0.29) is 19.1 Å². The van der Waals surface area contributed by atoms with Gasteiger partial charge in [0.05, 0.1) is 18.4 Å². The highest BCUT2D eigenvalue weighted by atomic mass is 16.3. The summed E-state index contributed by atoms with van der Waals surface area (Å²) < 4.78 is 1.46. The number of rotatable bonds is 4. The van der Waals surface area contributed by atoms with E-state index in [0.717, 1.165) is 0 Å². The summed E-state index contributed by atoms with van der Waals surface area (Å²) in [6, 6.07) is 0. The monoisotopic (exact) mass is 186 g/mol. The van der Waals surface area contributed by atoms with Gasteiger partial charge in [-0.1, -0.05) is 0 Å². The van der Waals surface area contributed by atoms with Crippen LogP contribution in [-0.4, -0.2) is 33.2 Å². The van der Waals surface area contributed by atoms with E-state index in [1.54, 1.807) is 0 Å². The van der Waals surface area contributed by atoms with Gasteiger partial charge < -0.3 is 21.7 Å². The van der Waals surface area contributed by atoms with E-state index in [1.807, 2.05) is 0 Å². The Kier molecular flexibility index (Phi) is 3.10. The summed E-state index contributed by atoms with van der Waals surface area (Å²) in [5.41, 5.74) is 11.5. The Balaban J connectivity index is 2.67. The maximum Gasteiger partial charge on any atom is 0.145 e. The molecule has 0 saturated heterocycles. The first-order valence-electron chi connectivity index (χ1n) is 3.97. The number of nitrogens with zero attached hydrogens (tertiary/aromatic N) is 2. The van der Waals surface area contributed by atoms with E-state index in [4.69, 9.17) is 21.7 Å². The second kappa shape index (κ2) is 4.11. The molecule has 0 spiro atoms. The van der Waals surface area contributed by atoms with Gasteiger partial charge in [-0.3, -0.25) is 0 Å². The molecule has 13 heavy (non-hydrogen) atoms. The van der Waals surface area contributed by atoms with Crippen molar-refractivity contribution in [1.82, 2.24) is 9.78 Å². The Hall–Kier alpha value is -1.27. The lowest BCUT2D eigenvalue weighted by atomic mass is 10.2. The van der Waals surface area contributed by atoms with Crippen LogP contribution in [0.15, 0.2) is 6.20 Å². The fourth-order valence-electron chi connectivity index (χ4n) is 0.973. The highest BCUT2D eigenvalue weighted by molar-refractivity contribution is 5.56. The lowest BCUT2D eigenvalue weighted by molar-refractivity contribution is 0.135. The normalized spacial score (nSPS) is 11.0. The molecule has 0 amide bonds. The molecule has 74 valence electrons. The SMILES string of the molecule is Nc1cnn(CC(CO)CO)c1N. The third kappa shape index (κ3) is 2.10. The van der Waals surface area contributed by atoms with Gasteiger partial charge in [-0.15, -0.1) is 0 Å². The molecule has 6 N–H and O–H groups in total. The summed E-state index contributed by atoms with van der Waals surface area (Å²) in [6.07, 6.45) is 1.45. The third-order valence-electron chi connectivity index (χ3n) is 1.86. The number of hydrogen-bond donors (Lipinski definition) is 4. The third-order valence-corrected chi connectivity index (χ3v) is 1.86. The van der Waals surface area contributed by atoms with Crippen molar-refractivity contribution >= 4 is 11.5 Å². The van der Waals surface area contributed by atoms with E-state index >= 15 is 0 Å². The van der Waals surface area contributed by atoms with Crippen LogP contribution >= 0.6 is 0 Å². The second-order valence-electron chi connectivity index (χ2n) is 2.90. The predicted octanol–water partition coefficient (Wildman–Crippen LogP) is -1.35. The molecule has 0 aliphatic carbocycles. The molecule has 0 radical (unpaired) electrons. The molecule has 1 rings (SSSR count). The van der Waals surface area contributed by atoms with Gasteiger partial charge in [0, 0.05) is 19.1 Å². The zero-order chi connectivity index (χ0) is 9.84. The molecular weight excluding hydrogens is 172 g/mol. The average Bonchev–Trinajstić information content (AvgIpc) is 2.45. The maximum atomic E-state index is 8.81. The first-order valence-corrected chi connectivity index (χ1v) is 3.97. The van der Waals surface area contributed by atoms with Crippen LogP contribution in [0.4, 0.5) is 11.5 Å². The van der Waals surface area contributed by atoms with Crippen LogP contribution in [0.25, 0.3) is 0 Å². The minimum atomic E-state index is -0.249. The topological polar surface area (TPSA) is 110 Å². The molecule has 0 saturated carbocycles. The van der Waals surface area contributed by atoms with Crippen LogP contribution in [0.2, 0.25) is 0 Å². The van der Waals surface area contributed by atoms with Gasteiger partial charge in [-0.2, -0.15) is 5.10 Å². The number of aliphatic hydroxyl groups is 2. The molecule has 0 atom stereocenters. The molecular formula is C7H14N4O2. The average molecular weight is 186 g/mol. The Morgan fingerprint density at radius 1 is 1.38 bits per heavy atom. The van der Waals surface area contributed by atoms with Crippen LogP contribution in [0, 0.1) is 5.92 Å².